The van der Waals surface area contributed by atoms with Crippen molar-refractivity contribution in [1.29, 1.82) is 0 Å². The van der Waals surface area contributed by atoms with Crippen LogP contribution in [0.2, 0.25) is 5.02 Å². The molecular formula is C23H23ClN4O3. The third-order valence-electron chi connectivity index (χ3n) is 5.54. The SMILES string of the molecule is CCc1ncn2c3c(C(C)Nc4ccccc4C(=O)O)cc(Cl)cc3c(=O)n(CC)c12. The number of benzene rings is 2. The smallest absolute Gasteiger partial charge is 0.337 e. The van der Waals surface area contributed by atoms with E-state index in [0.29, 0.717) is 34.6 Å². The van der Waals surface area contributed by atoms with E-state index in [1.165, 1.54) is 0 Å². The number of carboxylic acid groups (broad SMARTS) is 1. The number of aromatic nitrogens is 3. The van der Waals surface area contributed by atoms with Gasteiger partial charge >= 0.3 is 5.97 Å². The Morgan fingerprint density at radius 1 is 1.26 bits per heavy atom. The molecule has 8 heteroatoms. The van der Waals surface area contributed by atoms with Crippen molar-refractivity contribution in [2.75, 3.05) is 5.32 Å². The van der Waals surface area contributed by atoms with Crippen molar-refractivity contribution in [3.05, 3.63) is 74.9 Å². The zero-order chi connectivity index (χ0) is 22.3. The maximum Gasteiger partial charge on any atom is 0.337 e. The molecule has 0 spiro atoms. The Bertz CT molecular complexity index is 1370. The number of fused-ring (bicyclic) bond motifs is 3. The number of aromatic carboxylic acids is 1. The van der Waals surface area contributed by atoms with Crippen molar-refractivity contribution in [2.24, 2.45) is 0 Å². The number of halogens is 1. The summed E-state index contributed by atoms with van der Waals surface area (Å²) in [5, 5.41) is 13.7. The van der Waals surface area contributed by atoms with Crippen molar-refractivity contribution in [3.63, 3.8) is 0 Å². The molecule has 2 aromatic heterocycles. The van der Waals surface area contributed by atoms with Crippen LogP contribution in [0.3, 0.4) is 0 Å². The first kappa shape index (κ1) is 20.9. The molecule has 1 atom stereocenters. The number of carbonyl (C=O) groups is 1. The lowest BCUT2D eigenvalue weighted by Gasteiger charge is -2.21. The Kier molecular flexibility index (Phi) is 5.45. The standard InChI is InChI=1S/C23H23ClN4O3/c1-4-18-21-27(5-2)22(29)17-11-14(24)10-16(20(17)28(21)12-25-18)13(3)26-19-9-7-6-8-15(19)23(30)31/h6-13,26H,4-5H2,1-3H3,(H,30,31). The van der Waals surface area contributed by atoms with Crippen LogP contribution in [0, 0.1) is 0 Å². The molecule has 0 saturated heterocycles. The highest BCUT2D eigenvalue weighted by atomic mass is 35.5. The summed E-state index contributed by atoms with van der Waals surface area (Å²) in [6.45, 7) is 6.36. The van der Waals surface area contributed by atoms with Crippen LogP contribution in [0.25, 0.3) is 16.6 Å². The Morgan fingerprint density at radius 3 is 2.68 bits per heavy atom. The molecule has 0 aliphatic rings. The molecule has 4 rings (SSSR count). The van der Waals surface area contributed by atoms with Gasteiger partial charge in [0.1, 0.15) is 12.0 Å². The molecule has 0 aliphatic heterocycles. The number of anilines is 1. The number of nitrogens with zero attached hydrogens (tertiary/aromatic N) is 3. The van der Waals surface area contributed by atoms with E-state index in [9.17, 15) is 14.7 Å². The Hall–Kier alpha value is -3.32. The van der Waals surface area contributed by atoms with Crippen LogP contribution in [0.15, 0.2) is 47.5 Å². The van der Waals surface area contributed by atoms with Gasteiger partial charge in [0.15, 0.2) is 0 Å². The lowest BCUT2D eigenvalue weighted by molar-refractivity contribution is 0.0698. The number of nitrogens with one attached hydrogen (secondary N) is 1. The Labute approximate surface area is 183 Å². The number of imidazole rings is 1. The quantitative estimate of drug-likeness (QED) is 0.453. The van der Waals surface area contributed by atoms with Gasteiger partial charge in [0.05, 0.1) is 28.2 Å². The highest BCUT2D eigenvalue weighted by Crippen LogP contribution is 2.31. The van der Waals surface area contributed by atoms with Gasteiger partial charge in [0.25, 0.3) is 5.56 Å². The molecule has 0 radical (unpaired) electrons. The molecule has 7 nitrogen and oxygen atoms in total. The molecule has 2 heterocycles. The summed E-state index contributed by atoms with van der Waals surface area (Å²) in [4.78, 5) is 29.5. The van der Waals surface area contributed by atoms with Gasteiger partial charge in [-0.2, -0.15) is 0 Å². The number of rotatable bonds is 6. The molecule has 4 aromatic rings. The van der Waals surface area contributed by atoms with Gasteiger partial charge in [0, 0.05) is 22.8 Å². The van der Waals surface area contributed by atoms with E-state index in [0.717, 1.165) is 16.9 Å². The van der Waals surface area contributed by atoms with Gasteiger partial charge < -0.3 is 10.4 Å². The van der Waals surface area contributed by atoms with E-state index in [1.807, 2.05) is 31.2 Å². The van der Waals surface area contributed by atoms with E-state index in [2.05, 4.69) is 10.3 Å². The van der Waals surface area contributed by atoms with Crippen molar-refractivity contribution in [1.82, 2.24) is 14.0 Å². The van der Waals surface area contributed by atoms with Gasteiger partial charge in [0.2, 0.25) is 0 Å². The minimum Gasteiger partial charge on any atom is -0.478 e. The maximum atomic E-state index is 13.3. The van der Waals surface area contributed by atoms with Crippen LogP contribution in [0.5, 0.6) is 0 Å². The summed E-state index contributed by atoms with van der Waals surface area (Å²) in [5.74, 6) is -1.01. The van der Waals surface area contributed by atoms with Gasteiger partial charge in [-0.1, -0.05) is 30.7 Å². The largest absolute Gasteiger partial charge is 0.478 e. The second kappa shape index (κ2) is 8.07. The predicted molar refractivity (Wildman–Crippen MR) is 122 cm³/mol. The summed E-state index contributed by atoms with van der Waals surface area (Å²) in [5.41, 5.74) is 3.66. The van der Waals surface area contributed by atoms with Crippen LogP contribution in [-0.2, 0) is 13.0 Å². The normalized spacial score (nSPS) is 12.4. The zero-order valence-electron chi connectivity index (χ0n) is 17.5. The minimum absolute atomic E-state index is 0.123. The van der Waals surface area contributed by atoms with E-state index in [1.54, 1.807) is 41.2 Å². The number of aryl methyl sites for hydroxylation is 2. The first-order chi connectivity index (χ1) is 14.9. The van der Waals surface area contributed by atoms with E-state index >= 15 is 0 Å². The highest BCUT2D eigenvalue weighted by Gasteiger charge is 2.21. The van der Waals surface area contributed by atoms with Gasteiger partial charge in [-0.05, 0) is 44.5 Å². The number of para-hydroxylation sites is 1. The monoisotopic (exact) mass is 438 g/mol. The van der Waals surface area contributed by atoms with Crippen molar-refractivity contribution in [3.8, 4) is 0 Å². The van der Waals surface area contributed by atoms with Gasteiger partial charge in [-0.15, -0.1) is 0 Å². The van der Waals surface area contributed by atoms with E-state index in [-0.39, 0.29) is 17.2 Å². The fraction of sp³-hybridized carbons (Fsp3) is 0.261. The summed E-state index contributed by atoms with van der Waals surface area (Å²) in [6, 6.07) is 9.90. The van der Waals surface area contributed by atoms with Gasteiger partial charge in [-0.25, -0.2) is 9.78 Å². The molecule has 31 heavy (non-hydrogen) atoms. The third kappa shape index (κ3) is 3.45. The summed E-state index contributed by atoms with van der Waals surface area (Å²) in [6.07, 6.45) is 2.43. The summed E-state index contributed by atoms with van der Waals surface area (Å²) >= 11 is 6.41. The second-order valence-corrected chi connectivity index (χ2v) is 7.83. The van der Waals surface area contributed by atoms with Crippen molar-refractivity contribution >= 4 is 39.8 Å². The average molecular weight is 439 g/mol. The third-order valence-corrected chi connectivity index (χ3v) is 5.76. The Morgan fingerprint density at radius 2 is 2.00 bits per heavy atom. The lowest BCUT2D eigenvalue weighted by Crippen LogP contribution is -2.23. The lowest BCUT2D eigenvalue weighted by atomic mass is 10.0. The van der Waals surface area contributed by atoms with E-state index < -0.39 is 5.97 Å². The number of carboxylic acids is 1. The minimum atomic E-state index is -1.01. The van der Waals surface area contributed by atoms with Crippen LogP contribution in [0.1, 0.15) is 48.4 Å². The molecule has 2 aromatic carbocycles. The van der Waals surface area contributed by atoms with Gasteiger partial charge in [-0.3, -0.25) is 13.8 Å². The molecule has 0 saturated carbocycles. The first-order valence-corrected chi connectivity index (χ1v) is 10.6. The Balaban J connectivity index is 1.99. The first-order valence-electron chi connectivity index (χ1n) is 10.2. The number of hydrogen-bond acceptors (Lipinski definition) is 4. The van der Waals surface area contributed by atoms with Crippen LogP contribution in [0.4, 0.5) is 5.69 Å². The van der Waals surface area contributed by atoms with Crippen molar-refractivity contribution in [2.45, 2.75) is 39.8 Å². The topological polar surface area (TPSA) is 88.6 Å². The second-order valence-electron chi connectivity index (χ2n) is 7.40. The molecule has 0 bridgehead atoms. The summed E-state index contributed by atoms with van der Waals surface area (Å²) in [7, 11) is 0. The predicted octanol–water partition coefficient (Wildman–Crippen LogP) is 4.76. The van der Waals surface area contributed by atoms with Crippen LogP contribution in [-0.4, -0.2) is 25.0 Å². The highest BCUT2D eigenvalue weighted by molar-refractivity contribution is 6.31. The van der Waals surface area contributed by atoms with Crippen molar-refractivity contribution < 1.29 is 9.90 Å². The molecule has 160 valence electrons. The molecule has 2 N–H and O–H groups in total. The summed E-state index contributed by atoms with van der Waals surface area (Å²) < 4.78 is 3.65. The molecule has 0 fully saturated rings. The number of hydrogen-bond donors (Lipinski definition) is 2. The zero-order valence-corrected chi connectivity index (χ0v) is 18.3. The maximum absolute atomic E-state index is 13.3. The fourth-order valence-corrected chi connectivity index (χ4v) is 4.33. The average Bonchev–Trinajstić information content (AvgIpc) is 3.17. The molecule has 1 unspecified atom stereocenters. The fourth-order valence-electron chi connectivity index (χ4n) is 4.10. The molecule has 0 amide bonds. The van der Waals surface area contributed by atoms with E-state index in [4.69, 9.17) is 11.6 Å². The van der Waals surface area contributed by atoms with Crippen LogP contribution >= 0.6 is 11.6 Å². The molecule has 0 aliphatic carbocycles. The molecular weight excluding hydrogens is 416 g/mol. The van der Waals surface area contributed by atoms with Crippen LogP contribution < -0.4 is 10.9 Å².